The third kappa shape index (κ3) is 3.18. The van der Waals surface area contributed by atoms with Crippen LogP contribution in [0.2, 0.25) is 0 Å². The molecule has 2 atom stereocenters. The highest BCUT2D eigenvalue weighted by atomic mass is 16.5. The molecular weight excluding hydrogens is 218 g/mol. The van der Waals surface area contributed by atoms with Gasteiger partial charge in [-0.25, -0.2) is 0 Å². The van der Waals surface area contributed by atoms with Gasteiger partial charge < -0.3 is 20.7 Å². The van der Waals surface area contributed by atoms with E-state index in [1.165, 1.54) is 25.9 Å². The first-order valence-corrected chi connectivity index (χ1v) is 6.48. The number of methoxy groups -OCH3 is 1. The summed E-state index contributed by atoms with van der Waals surface area (Å²) in [6.07, 6.45) is 3.00. The van der Waals surface area contributed by atoms with Gasteiger partial charge in [0.2, 0.25) is 5.91 Å². The summed E-state index contributed by atoms with van der Waals surface area (Å²) in [5, 5.41) is 3.10. The number of piperidine rings is 3. The van der Waals surface area contributed by atoms with Crippen molar-refractivity contribution in [2.24, 2.45) is 11.7 Å². The molecule has 0 aromatic heterocycles. The zero-order valence-corrected chi connectivity index (χ0v) is 10.5. The summed E-state index contributed by atoms with van der Waals surface area (Å²) < 4.78 is 4.93. The second kappa shape index (κ2) is 5.80. The van der Waals surface area contributed by atoms with E-state index in [1.54, 1.807) is 7.11 Å². The lowest BCUT2D eigenvalue weighted by molar-refractivity contribution is -0.124. The molecule has 3 aliphatic heterocycles. The molecule has 0 radical (unpaired) electrons. The molecule has 0 saturated carbocycles. The molecule has 17 heavy (non-hydrogen) atoms. The Morgan fingerprint density at radius 2 is 2.24 bits per heavy atom. The van der Waals surface area contributed by atoms with Gasteiger partial charge in [-0.15, -0.1) is 0 Å². The van der Waals surface area contributed by atoms with Crippen LogP contribution in [0.15, 0.2) is 0 Å². The van der Waals surface area contributed by atoms with Crippen molar-refractivity contribution in [2.75, 3.05) is 33.4 Å². The van der Waals surface area contributed by atoms with Crippen LogP contribution in [-0.2, 0) is 9.53 Å². The van der Waals surface area contributed by atoms with E-state index >= 15 is 0 Å². The molecular formula is C12H23N3O2. The second-order valence-electron chi connectivity index (χ2n) is 5.14. The van der Waals surface area contributed by atoms with Crippen molar-refractivity contribution in [3.05, 3.63) is 0 Å². The van der Waals surface area contributed by atoms with Gasteiger partial charge in [0.15, 0.2) is 0 Å². The zero-order chi connectivity index (χ0) is 12.3. The van der Waals surface area contributed by atoms with Gasteiger partial charge in [-0.1, -0.05) is 0 Å². The lowest BCUT2D eigenvalue weighted by Gasteiger charge is -2.45. The molecule has 2 bridgehead atoms. The minimum atomic E-state index is -0.439. The Labute approximate surface area is 103 Å². The average molecular weight is 241 g/mol. The van der Waals surface area contributed by atoms with Crippen molar-refractivity contribution in [1.29, 1.82) is 0 Å². The van der Waals surface area contributed by atoms with E-state index in [9.17, 15) is 4.79 Å². The van der Waals surface area contributed by atoms with Crippen molar-refractivity contribution >= 4 is 5.91 Å². The van der Waals surface area contributed by atoms with E-state index in [0.717, 1.165) is 6.54 Å². The summed E-state index contributed by atoms with van der Waals surface area (Å²) >= 11 is 0. The van der Waals surface area contributed by atoms with Crippen LogP contribution >= 0.6 is 0 Å². The van der Waals surface area contributed by atoms with Crippen LogP contribution in [-0.4, -0.2) is 56.2 Å². The first-order valence-electron chi connectivity index (χ1n) is 6.48. The highest BCUT2D eigenvalue weighted by molar-refractivity contribution is 5.81. The SMILES string of the molecule is COCCC(N)C(=O)NC1CN2CCC1CC2. The maximum Gasteiger partial charge on any atom is 0.237 e. The van der Waals surface area contributed by atoms with Crippen LogP contribution in [0.25, 0.3) is 0 Å². The summed E-state index contributed by atoms with van der Waals surface area (Å²) in [4.78, 5) is 14.3. The number of nitrogens with zero attached hydrogens (tertiary/aromatic N) is 1. The molecule has 98 valence electrons. The van der Waals surface area contributed by atoms with Gasteiger partial charge >= 0.3 is 0 Å². The third-order valence-corrected chi connectivity index (χ3v) is 3.95. The van der Waals surface area contributed by atoms with E-state index in [1.807, 2.05) is 0 Å². The van der Waals surface area contributed by atoms with E-state index in [4.69, 9.17) is 10.5 Å². The number of hydrogen-bond donors (Lipinski definition) is 2. The van der Waals surface area contributed by atoms with E-state index in [0.29, 0.717) is 25.0 Å². The lowest BCUT2D eigenvalue weighted by atomic mass is 9.84. The van der Waals surface area contributed by atoms with Crippen molar-refractivity contribution in [3.63, 3.8) is 0 Å². The van der Waals surface area contributed by atoms with Crippen LogP contribution in [0.5, 0.6) is 0 Å². The topological polar surface area (TPSA) is 67.6 Å². The molecule has 0 aromatic carbocycles. The van der Waals surface area contributed by atoms with Crippen molar-refractivity contribution < 1.29 is 9.53 Å². The van der Waals surface area contributed by atoms with Gasteiger partial charge in [-0.05, 0) is 38.3 Å². The number of fused-ring (bicyclic) bond motifs is 3. The van der Waals surface area contributed by atoms with Crippen LogP contribution in [0.3, 0.4) is 0 Å². The standard InChI is InChI=1S/C12H23N3O2/c1-17-7-4-10(13)12(16)14-11-8-15-5-2-9(11)3-6-15/h9-11H,2-8,13H2,1H3,(H,14,16). The highest BCUT2D eigenvalue weighted by Gasteiger charge is 2.35. The Morgan fingerprint density at radius 1 is 1.53 bits per heavy atom. The number of rotatable bonds is 5. The number of hydrogen-bond acceptors (Lipinski definition) is 4. The van der Waals surface area contributed by atoms with Crippen molar-refractivity contribution in [3.8, 4) is 0 Å². The summed E-state index contributed by atoms with van der Waals surface area (Å²) in [7, 11) is 1.62. The Hall–Kier alpha value is -0.650. The average Bonchev–Trinajstić information content (AvgIpc) is 2.37. The molecule has 3 heterocycles. The summed E-state index contributed by atoms with van der Waals surface area (Å²) in [5.41, 5.74) is 5.81. The molecule has 3 fully saturated rings. The minimum absolute atomic E-state index is 0.0270. The monoisotopic (exact) mass is 241 g/mol. The molecule has 1 amide bonds. The Morgan fingerprint density at radius 3 is 2.76 bits per heavy atom. The Bertz CT molecular complexity index is 264. The van der Waals surface area contributed by atoms with Gasteiger partial charge in [0.05, 0.1) is 6.04 Å². The molecule has 0 aromatic rings. The van der Waals surface area contributed by atoms with E-state index in [-0.39, 0.29) is 5.91 Å². The normalized spacial score (nSPS) is 33.4. The van der Waals surface area contributed by atoms with Gasteiger partial charge in [0.1, 0.15) is 0 Å². The summed E-state index contributed by atoms with van der Waals surface area (Å²) in [6, 6.07) is -0.135. The molecule has 3 N–H and O–H groups in total. The highest BCUT2D eigenvalue weighted by Crippen LogP contribution is 2.27. The maximum absolute atomic E-state index is 11.9. The smallest absolute Gasteiger partial charge is 0.237 e. The van der Waals surface area contributed by atoms with Gasteiger partial charge in [-0.3, -0.25) is 4.79 Å². The van der Waals surface area contributed by atoms with Crippen LogP contribution in [0.1, 0.15) is 19.3 Å². The quantitative estimate of drug-likeness (QED) is 0.685. The number of carbonyl (C=O) groups is 1. The maximum atomic E-state index is 11.9. The molecule has 3 aliphatic rings. The Balaban J connectivity index is 1.78. The van der Waals surface area contributed by atoms with Gasteiger partial charge in [0, 0.05) is 26.3 Å². The summed E-state index contributed by atoms with van der Waals surface area (Å²) in [6.45, 7) is 3.90. The number of ether oxygens (including phenoxy) is 1. The van der Waals surface area contributed by atoms with Gasteiger partial charge in [0.25, 0.3) is 0 Å². The van der Waals surface area contributed by atoms with Crippen LogP contribution in [0.4, 0.5) is 0 Å². The number of carbonyl (C=O) groups excluding carboxylic acids is 1. The van der Waals surface area contributed by atoms with Crippen LogP contribution < -0.4 is 11.1 Å². The van der Waals surface area contributed by atoms with E-state index < -0.39 is 6.04 Å². The summed E-state index contributed by atoms with van der Waals surface area (Å²) in [5.74, 6) is 0.624. The minimum Gasteiger partial charge on any atom is -0.385 e. The number of nitrogens with two attached hydrogens (primary N) is 1. The first kappa shape index (κ1) is 12.8. The molecule has 3 rings (SSSR count). The largest absolute Gasteiger partial charge is 0.385 e. The molecule has 5 nitrogen and oxygen atoms in total. The predicted octanol–water partition coefficient (Wildman–Crippen LogP) is -0.439. The molecule has 2 unspecified atom stereocenters. The number of nitrogens with one attached hydrogen (secondary N) is 1. The molecule has 0 spiro atoms. The third-order valence-electron chi connectivity index (χ3n) is 3.95. The fourth-order valence-corrected chi connectivity index (χ4v) is 2.79. The fourth-order valence-electron chi connectivity index (χ4n) is 2.79. The second-order valence-corrected chi connectivity index (χ2v) is 5.14. The van der Waals surface area contributed by atoms with Gasteiger partial charge in [-0.2, -0.15) is 0 Å². The Kier molecular flexibility index (Phi) is 4.36. The fraction of sp³-hybridized carbons (Fsp3) is 0.917. The van der Waals surface area contributed by atoms with Crippen molar-refractivity contribution in [1.82, 2.24) is 10.2 Å². The van der Waals surface area contributed by atoms with E-state index in [2.05, 4.69) is 10.2 Å². The zero-order valence-electron chi connectivity index (χ0n) is 10.5. The number of amides is 1. The molecule has 3 saturated heterocycles. The first-order chi connectivity index (χ1) is 8.20. The molecule has 0 aliphatic carbocycles. The molecule has 5 heteroatoms. The predicted molar refractivity (Wildman–Crippen MR) is 65.6 cm³/mol. The lowest BCUT2D eigenvalue weighted by Crippen LogP contribution is -2.59. The van der Waals surface area contributed by atoms with Crippen molar-refractivity contribution in [2.45, 2.75) is 31.3 Å². The van der Waals surface area contributed by atoms with Crippen LogP contribution in [0, 0.1) is 5.92 Å².